The van der Waals surface area contributed by atoms with Gasteiger partial charge in [-0.05, 0) is 75.4 Å². The van der Waals surface area contributed by atoms with E-state index in [-0.39, 0.29) is 55.6 Å². The number of benzene rings is 2. The Morgan fingerprint density at radius 3 is 2.27 bits per heavy atom. The fraction of sp³-hybridized carbons (Fsp3) is 0.429. The second-order valence-corrected chi connectivity index (χ2v) is 12.8. The fourth-order valence-corrected chi connectivity index (χ4v) is 5.69. The number of guanidine groups is 1. The van der Waals surface area contributed by atoms with Gasteiger partial charge < -0.3 is 48.9 Å². The minimum Gasteiger partial charge on any atom is -0.481 e. The molecule has 0 saturated heterocycles. The maximum atomic E-state index is 12.9. The van der Waals surface area contributed by atoms with Crippen molar-refractivity contribution in [3.8, 4) is 0 Å². The first-order valence-corrected chi connectivity index (χ1v) is 17.8. The lowest BCUT2D eigenvalue weighted by Gasteiger charge is -2.22. The molecule has 1 aromatic heterocycles. The number of likely N-dealkylation sites (N-methyl/N-ethyl adjacent to an activating group) is 1. The van der Waals surface area contributed by atoms with E-state index in [9.17, 15) is 28.7 Å². The van der Waals surface area contributed by atoms with Gasteiger partial charge in [-0.2, -0.15) is 0 Å². The summed E-state index contributed by atoms with van der Waals surface area (Å²) in [5, 5.41) is 33.0. The Hall–Kier alpha value is -4.97. The number of aromatic nitrogens is 1. The Morgan fingerprint density at radius 1 is 0.962 bits per heavy atom. The molecule has 284 valence electrons. The number of rotatable bonds is 21. The predicted molar refractivity (Wildman–Crippen MR) is 199 cm³/mol. The zero-order valence-corrected chi connectivity index (χ0v) is 30.1. The molecule has 0 aliphatic heterocycles. The summed E-state index contributed by atoms with van der Waals surface area (Å²) in [7, 11) is 1.72. The lowest BCUT2D eigenvalue weighted by Crippen LogP contribution is -2.52. The second kappa shape index (κ2) is 24.3. The van der Waals surface area contributed by atoms with Gasteiger partial charge in [-0.15, -0.1) is 11.3 Å². The predicted octanol–water partition coefficient (Wildman–Crippen LogP) is 0.762. The topological polar surface area (TPSA) is 263 Å². The van der Waals surface area contributed by atoms with Gasteiger partial charge in [-0.1, -0.05) is 42.5 Å². The minimum absolute atomic E-state index is 0.0768. The summed E-state index contributed by atoms with van der Waals surface area (Å²) in [6.07, 6.45) is 3.82. The van der Waals surface area contributed by atoms with Crippen molar-refractivity contribution >= 4 is 41.0 Å². The summed E-state index contributed by atoms with van der Waals surface area (Å²) in [4.78, 5) is 52.5. The van der Waals surface area contributed by atoms with E-state index in [2.05, 4.69) is 31.6 Å². The molecule has 3 rings (SSSR count). The fourth-order valence-electron chi connectivity index (χ4n) is 5.00. The van der Waals surface area contributed by atoms with Crippen LogP contribution in [-0.2, 0) is 32.0 Å². The number of carboxylic acid groups (broad SMARTS) is 1. The zero-order chi connectivity index (χ0) is 38.3. The Labute approximate surface area is 307 Å². The average molecular weight is 743 g/mol. The summed E-state index contributed by atoms with van der Waals surface area (Å²) in [5.74, 6) is -3.40. The van der Waals surface area contributed by atoms with Gasteiger partial charge in [0.25, 0.3) is 0 Å². The summed E-state index contributed by atoms with van der Waals surface area (Å²) in [6, 6.07) is 13.8. The van der Waals surface area contributed by atoms with E-state index in [1.54, 1.807) is 25.4 Å². The van der Waals surface area contributed by atoms with Gasteiger partial charge in [0.2, 0.25) is 17.7 Å². The molecule has 0 fully saturated rings. The summed E-state index contributed by atoms with van der Waals surface area (Å²) in [6.45, 7) is 1.18. The quantitative estimate of drug-likeness (QED) is 0.0414. The first kappa shape index (κ1) is 43.2. The molecular formula is C35H51FN10O5S. The number of hydrogen-bond donors (Lipinski definition) is 10. The van der Waals surface area contributed by atoms with Crippen molar-refractivity contribution in [1.82, 2.24) is 31.6 Å². The van der Waals surface area contributed by atoms with Crippen LogP contribution in [-0.4, -0.2) is 85.1 Å². The van der Waals surface area contributed by atoms with Crippen molar-refractivity contribution < 1.29 is 28.7 Å². The van der Waals surface area contributed by atoms with Crippen molar-refractivity contribution in [3.05, 3.63) is 88.1 Å². The lowest BCUT2D eigenvalue weighted by atomic mass is 9.96. The van der Waals surface area contributed by atoms with E-state index in [1.165, 1.54) is 23.5 Å². The number of nitrogens with two attached hydrogens (primary N) is 3. The van der Waals surface area contributed by atoms with Crippen LogP contribution in [0.4, 0.5) is 4.39 Å². The lowest BCUT2D eigenvalue weighted by molar-refractivity contribution is -0.142. The number of hydrogen-bond acceptors (Lipinski definition) is 10. The van der Waals surface area contributed by atoms with Crippen LogP contribution in [0.2, 0.25) is 0 Å². The number of aliphatic carboxylic acids is 1. The number of carbonyl (C=O) groups is 4. The third-order valence-corrected chi connectivity index (χ3v) is 8.58. The normalized spacial score (nSPS) is 12.9. The monoisotopic (exact) mass is 742 g/mol. The smallest absolute Gasteiger partial charge is 0.306 e. The summed E-state index contributed by atoms with van der Waals surface area (Å²) in [5.41, 5.74) is 18.6. The average Bonchev–Trinajstić information content (AvgIpc) is 3.66. The number of carbonyl (C=O) groups excluding carboxylic acids is 3. The number of amides is 3. The van der Waals surface area contributed by atoms with Crippen LogP contribution in [0.5, 0.6) is 0 Å². The van der Waals surface area contributed by atoms with E-state index in [1.807, 2.05) is 35.7 Å². The van der Waals surface area contributed by atoms with Crippen LogP contribution in [0.3, 0.4) is 0 Å². The molecule has 2 aromatic carbocycles. The van der Waals surface area contributed by atoms with Crippen LogP contribution in [0.25, 0.3) is 0 Å². The van der Waals surface area contributed by atoms with Gasteiger partial charge in [0, 0.05) is 24.7 Å². The van der Waals surface area contributed by atoms with Crippen molar-refractivity contribution in [1.29, 1.82) is 5.41 Å². The van der Waals surface area contributed by atoms with E-state index in [4.69, 9.17) is 22.6 Å². The third-order valence-electron chi connectivity index (χ3n) is 7.69. The number of carboxylic acids is 1. The number of thiazole rings is 1. The maximum Gasteiger partial charge on any atom is 0.306 e. The van der Waals surface area contributed by atoms with Crippen molar-refractivity contribution in [2.24, 2.45) is 23.1 Å². The van der Waals surface area contributed by atoms with Gasteiger partial charge in [-0.25, -0.2) is 9.37 Å². The van der Waals surface area contributed by atoms with E-state index in [0.29, 0.717) is 38.8 Å². The van der Waals surface area contributed by atoms with Crippen molar-refractivity contribution in [3.63, 3.8) is 0 Å². The molecule has 0 aliphatic rings. The molecule has 0 bridgehead atoms. The highest BCUT2D eigenvalue weighted by Gasteiger charge is 2.27. The third kappa shape index (κ3) is 17.3. The first-order chi connectivity index (χ1) is 24.9. The van der Waals surface area contributed by atoms with Crippen LogP contribution in [0.15, 0.2) is 66.2 Å². The number of halogens is 1. The van der Waals surface area contributed by atoms with E-state index in [0.717, 1.165) is 16.1 Å². The Morgan fingerprint density at radius 2 is 1.67 bits per heavy atom. The van der Waals surface area contributed by atoms with Crippen molar-refractivity contribution in [2.75, 3.05) is 33.2 Å². The second-order valence-electron chi connectivity index (χ2n) is 11.9. The summed E-state index contributed by atoms with van der Waals surface area (Å²) < 4.78 is 12.9. The zero-order valence-electron chi connectivity index (χ0n) is 29.3. The highest BCUT2D eigenvalue weighted by molar-refractivity contribution is 7.09. The molecule has 0 radical (unpaired) electrons. The van der Waals surface area contributed by atoms with Gasteiger partial charge in [0.1, 0.15) is 16.9 Å². The number of nitrogens with one attached hydrogen (secondary N) is 6. The van der Waals surface area contributed by atoms with Gasteiger partial charge in [-0.3, -0.25) is 24.6 Å². The van der Waals surface area contributed by atoms with Crippen LogP contribution >= 0.6 is 11.3 Å². The Kier molecular flexibility index (Phi) is 20.1. The van der Waals surface area contributed by atoms with Crippen LogP contribution < -0.4 is 43.8 Å². The SMILES string of the molecule is CNCC(=O)N[C@@H](Cc1ccc(F)cc1)c1nccs1.N=C(N)NCCC[C@H](NC(=O)[C@@H](N)CC(CCN)C(=O)O)C(=O)NCCc1ccccc1. The van der Waals surface area contributed by atoms with E-state index < -0.39 is 29.9 Å². The van der Waals surface area contributed by atoms with Crippen LogP contribution in [0.1, 0.15) is 47.9 Å². The molecule has 13 N–H and O–H groups in total. The van der Waals surface area contributed by atoms with Gasteiger partial charge in [0.15, 0.2) is 5.96 Å². The molecule has 3 aromatic rings. The molecule has 3 amide bonds. The van der Waals surface area contributed by atoms with Crippen LogP contribution in [0, 0.1) is 17.1 Å². The molecule has 4 atom stereocenters. The highest BCUT2D eigenvalue weighted by Crippen LogP contribution is 2.21. The highest BCUT2D eigenvalue weighted by atomic mass is 32.1. The maximum absolute atomic E-state index is 12.9. The molecule has 0 aliphatic carbocycles. The molecule has 0 spiro atoms. The van der Waals surface area contributed by atoms with E-state index >= 15 is 0 Å². The molecule has 17 heteroatoms. The van der Waals surface area contributed by atoms with Crippen molar-refractivity contribution in [2.45, 2.75) is 56.7 Å². The first-order valence-electron chi connectivity index (χ1n) is 16.9. The summed E-state index contributed by atoms with van der Waals surface area (Å²) >= 11 is 1.49. The minimum atomic E-state index is -1.09. The number of nitrogens with zero attached hydrogens (tertiary/aromatic N) is 1. The Balaban J connectivity index is 0.000000399. The largest absolute Gasteiger partial charge is 0.481 e. The van der Waals surface area contributed by atoms with Gasteiger partial charge >= 0.3 is 5.97 Å². The molecule has 52 heavy (non-hydrogen) atoms. The standard InChI is InChI=1S/C21H35N7O4.C14H16FN3OS/c22-10-8-15(20(31)32)13-16(23)18(29)28-17(7-4-11-27-21(24)25)19(30)26-12-9-14-5-2-1-3-6-14;1-16-9-13(19)18-12(14-17-6-7-20-14)8-10-2-4-11(15)5-3-10/h1-3,5-6,15-17H,4,7-13,22-23H2,(H,26,30)(H,28,29)(H,31,32)(H4,24,25,27);2-7,12,16H,8-9H2,1H3,(H,18,19)/t15?,16-,17-;12-/m00/s1. The molecule has 15 nitrogen and oxygen atoms in total. The molecule has 1 heterocycles. The molecular weight excluding hydrogens is 692 g/mol. The molecule has 0 saturated carbocycles. The molecule has 1 unspecified atom stereocenters. The Bertz CT molecular complexity index is 1520. The van der Waals surface area contributed by atoms with Gasteiger partial charge in [0.05, 0.1) is 24.5 Å².